The zero-order valence-corrected chi connectivity index (χ0v) is 12.5. The lowest BCUT2D eigenvalue weighted by Gasteiger charge is -2.15. The second-order valence-corrected chi connectivity index (χ2v) is 6.81. The largest absolute Gasteiger partial charge is 0.354 e. The number of hydrogen-bond donors (Lipinski definition) is 2. The Kier molecular flexibility index (Phi) is 5.13. The van der Waals surface area contributed by atoms with Crippen LogP contribution >= 0.6 is 23.4 Å². The van der Waals surface area contributed by atoms with E-state index in [9.17, 15) is 4.79 Å². The molecule has 1 aliphatic carbocycles. The number of amides is 1. The summed E-state index contributed by atoms with van der Waals surface area (Å²) < 4.78 is 0. The van der Waals surface area contributed by atoms with Gasteiger partial charge in [0.15, 0.2) is 0 Å². The Bertz CT molecular complexity index is 434. The monoisotopic (exact) mass is 298 g/mol. The first kappa shape index (κ1) is 14.7. The minimum atomic E-state index is -0.132. The van der Waals surface area contributed by atoms with E-state index < -0.39 is 0 Å². The zero-order valence-electron chi connectivity index (χ0n) is 10.9. The molecule has 2 unspecified atom stereocenters. The molecule has 0 spiro atoms. The first-order valence-corrected chi connectivity index (χ1v) is 7.77. The molecule has 1 saturated carbocycles. The Hall–Kier alpha value is -0.710. The topological polar surface area (TPSA) is 55.1 Å². The van der Waals surface area contributed by atoms with E-state index in [4.69, 9.17) is 17.3 Å². The molecule has 0 aliphatic heterocycles. The standard InChI is InChI=1S/C14H19ClN2OS/c1-9(19-12-6-4-11(15)5-7-12)14(18)17-8-13(16)10-2-3-10/h4-7,9-10,13H,2-3,8,16H2,1H3,(H,17,18). The van der Waals surface area contributed by atoms with Crippen LogP contribution in [-0.2, 0) is 4.79 Å². The Balaban J connectivity index is 1.76. The van der Waals surface area contributed by atoms with Crippen molar-refractivity contribution in [3.8, 4) is 0 Å². The van der Waals surface area contributed by atoms with Gasteiger partial charge in [0.1, 0.15) is 0 Å². The molecule has 5 heteroatoms. The third-order valence-electron chi connectivity index (χ3n) is 3.24. The molecule has 3 N–H and O–H groups in total. The van der Waals surface area contributed by atoms with E-state index in [0.717, 1.165) is 4.90 Å². The molecule has 0 radical (unpaired) electrons. The molecule has 2 rings (SSSR count). The lowest BCUT2D eigenvalue weighted by Crippen LogP contribution is -2.41. The van der Waals surface area contributed by atoms with Crippen molar-refractivity contribution in [3.05, 3.63) is 29.3 Å². The SMILES string of the molecule is CC(Sc1ccc(Cl)cc1)C(=O)NCC(N)C1CC1. The lowest BCUT2D eigenvalue weighted by molar-refractivity contribution is -0.120. The summed E-state index contributed by atoms with van der Waals surface area (Å²) in [5, 5.41) is 3.50. The Morgan fingerprint density at radius 3 is 2.68 bits per heavy atom. The molecule has 0 saturated heterocycles. The summed E-state index contributed by atoms with van der Waals surface area (Å²) >= 11 is 7.35. The molecule has 1 aromatic carbocycles. The van der Waals surface area contributed by atoms with Gasteiger partial charge < -0.3 is 11.1 Å². The summed E-state index contributed by atoms with van der Waals surface area (Å²) in [6.07, 6.45) is 2.40. The molecule has 0 heterocycles. The number of thioether (sulfide) groups is 1. The highest BCUT2D eigenvalue weighted by atomic mass is 35.5. The van der Waals surface area contributed by atoms with E-state index in [1.54, 1.807) is 0 Å². The van der Waals surface area contributed by atoms with Gasteiger partial charge in [-0.1, -0.05) is 11.6 Å². The fourth-order valence-corrected chi connectivity index (χ4v) is 2.84. The molecule has 3 nitrogen and oxygen atoms in total. The molecular weight excluding hydrogens is 280 g/mol. The van der Waals surface area contributed by atoms with Crippen molar-refractivity contribution >= 4 is 29.3 Å². The highest BCUT2D eigenvalue weighted by Crippen LogP contribution is 2.31. The first-order chi connectivity index (χ1) is 9.06. The van der Waals surface area contributed by atoms with Gasteiger partial charge in [0.25, 0.3) is 0 Å². The molecule has 0 aromatic heterocycles. The number of halogens is 1. The van der Waals surface area contributed by atoms with E-state index in [2.05, 4.69) is 5.32 Å². The molecule has 1 fully saturated rings. The molecule has 1 aromatic rings. The fourth-order valence-electron chi connectivity index (χ4n) is 1.82. The third-order valence-corrected chi connectivity index (χ3v) is 4.60. The molecule has 2 atom stereocenters. The van der Waals surface area contributed by atoms with Crippen LogP contribution in [0, 0.1) is 5.92 Å². The van der Waals surface area contributed by atoms with Crippen molar-refractivity contribution in [1.82, 2.24) is 5.32 Å². The smallest absolute Gasteiger partial charge is 0.233 e. The molecule has 0 bridgehead atoms. The second kappa shape index (κ2) is 6.64. The number of carbonyl (C=O) groups is 1. The number of carbonyl (C=O) groups excluding carboxylic acids is 1. The number of benzene rings is 1. The maximum Gasteiger partial charge on any atom is 0.233 e. The summed E-state index contributed by atoms with van der Waals surface area (Å²) in [5.74, 6) is 0.649. The minimum Gasteiger partial charge on any atom is -0.354 e. The summed E-state index contributed by atoms with van der Waals surface area (Å²) in [7, 11) is 0. The predicted molar refractivity (Wildman–Crippen MR) is 80.5 cm³/mol. The summed E-state index contributed by atoms with van der Waals surface area (Å²) in [5.41, 5.74) is 5.96. The number of rotatable bonds is 6. The van der Waals surface area contributed by atoms with Crippen LogP contribution < -0.4 is 11.1 Å². The van der Waals surface area contributed by atoms with Crippen molar-refractivity contribution in [1.29, 1.82) is 0 Å². The maximum absolute atomic E-state index is 11.9. The van der Waals surface area contributed by atoms with E-state index in [1.165, 1.54) is 24.6 Å². The van der Waals surface area contributed by atoms with Gasteiger partial charge in [0, 0.05) is 22.5 Å². The van der Waals surface area contributed by atoms with Gasteiger partial charge in [0.2, 0.25) is 5.91 Å². The predicted octanol–water partition coefficient (Wildman–Crippen LogP) is 2.67. The van der Waals surface area contributed by atoms with Crippen molar-refractivity contribution in [2.24, 2.45) is 11.7 Å². The first-order valence-electron chi connectivity index (χ1n) is 6.52. The van der Waals surface area contributed by atoms with Crippen molar-refractivity contribution < 1.29 is 4.79 Å². The van der Waals surface area contributed by atoms with E-state index >= 15 is 0 Å². The molecule has 1 amide bonds. The van der Waals surface area contributed by atoms with Gasteiger partial charge in [-0.15, -0.1) is 11.8 Å². The van der Waals surface area contributed by atoms with Crippen LogP contribution in [0.2, 0.25) is 5.02 Å². The molecule has 19 heavy (non-hydrogen) atoms. The molecule has 104 valence electrons. The number of nitrogens with one attached hydrogen (secondary N) is 1. The fraction of sp³-hybridized carbons (Fsp3) is 0.500. The van der Waals surface area contributed by atoms with Crippen LogP contribution in [-0.4, -0.2) is 23.7 Å². The Morgan fingerprint density at radius 2 is 2.11 bits per heavy atom. The van der Waals surface area contributed by atoms with Crippen LogP contribution in [0.25, 0.3) is 0 Å². The van der Waals surface area contributed by atoms with Gasteiger partial charge in [-0.05, 0) is 49.9 Å². The van der Waals surface area contributed by atoms with E-state index in [-0.39, 0.29) is 17.2 Å². The van der Waals surface area contributed by atoms with Crippen molar-refractivity contribution in [2.45, 2.75) is 36.0 Å². The van der Waals surface area contributed by atoms with Crippen LogP contribution in [0.5, 0.6) is 0 Å². The highest BCUT2D eigenvalue weighted by molar-refractivity contribution is 8.00. The van der Waals surface area contributed by atoms with Crippen LogP contribution in [0.15, 0.2) is 29.2 Å². The van der Waals surface area contributed by atoms with Gasteiger partial charge in [-0.3, -0.25) is 4.79 Å². The van der Waals surface area contributed by atoms with Crippen LogP contribution in [0.3, 0.4) is 0 Å². The lowest BCUT2D eigenvalue weighted by atomic mass is 10.2. The molecular formula is C14H19ClN2OS. The van der Waals surface area contributed by atoms with E-state index in [1.807, 2.05) is 31.2 Å². The normalized spacial score (nSPS) is 17.8. The Labute approximate surface area is 123 Å². The quantitative estimate of drug-likeness (QED) is 0.794. The van der Waals surface area contributed by atoms with Gasteiger partial charge in [-0.2, -0.15) is 0 Å². The summed E-state index contributed by atoms with van der Waals surface area (Å²) in [4.78, 5) is 13.0. The Morgan fingerprint density at radius 1 is 1.47 bits per heavy atom. The number of nitrogens with two attached hydrogens (primary N) is 1. The zero-order chi connectivity index (χ0) is 13.8. The summed E-state index contributed by atoms with van der Waals surface area (Å²) in [6.45, 7) is 2.48. The maximum atomic E-state index is 11.9. The summed E-state index contributed by atoms with van der Waals surface area (Å²) in [6, 6.07) is 7.62. The van der Waals surface area contributed by atoms with Gasteiger partial charge in [-0.25, -0.2) is 0 Å². The van der Waals surface area contributed by atoms with Crippen molar-refractivity contribution in [2.75, 3.05) is 6.54 Å². The van der Waals surface area contributed by atoms with Crippen LogP contribution in [0.4, 0.5) is 0 Å². The highest BCUT2D eigenvalue weighted by Gasteiger charge is 2.28. The van der Waals surface area contributed by atoms with Crippen LogP contribution in [0.1, 0.15) is 19.8 Å². The van der Waals surface area contributed by atoms with E-state index in [0.29, 0.717) is 17.5 Å². The average molecular weight is 299 g/mol. The van der Waals surface area contributed by atoms with Gasteiger partial charge in [0.05, 0.1) is 5.25 Å². The number of hydrogen-bond acceptors (Lipinski definition) is 3. The minimum absolute atomic E-state index is 0.0380. The third kappa shape index (κ3) is 4.71. The molecule has 1 aliphatic rings. The van der Waals surface area contributed by atoms with Gasteiger partial charge >= 0.3 is 0 Å². The second-order valence-electron chi connectivity index (χ2n) is 4.96. The average Bonchev–Trinajstić information content (AvgIpc) is 3.22. The van der Waals surface area contributed by atoms with Crippen molar-refractivity contribution in [3.63, 3.8) is 0 Å².